The van der Waals surface area contributed by atoms with Gasteiger partial charge in [-0.3, -0.25) is 9.69 Å². The third-order valence-electron chi connectivity index (χ3n) is 5.98. The minimum atomic E-state index is -0.0679. The van der Waals surface area contributed by atoms with Crippen molar-refractivity contribution in [3.63, 3.8) is 0 Å². The van der Waals surface area contributed by atoms with E-state index in [0.717, 1.165) is 46.6 Å². The van der Waals surface area contributed by atoms with Gasteiger partial charge in [-0.15, -0.1) is 5.10 Å². The lowest BCUT2D eigenvalue weighted by Crippen LogP contribution is -2.30. The van der Waals surface area contributed by atoms with Crippen LogP contribution in [0.3, 0.4) is 0 Å². The molecule has 0 aliphatic rings. The van der Waals surface area contributed by atoms with E-state index >= 15 is 0 Å². The maximum atomic E-state index is 12.9. The topological polar surface area (TPSA) is 92.8 Å². The van der Waals surface area contributed by atoms with E-state index in [1.165, 1.54) is 5.56 Å². The number of aryl methyl sites for hydroxylation is 1. The lowest BCUT2D eigenvalue weighted by molar-refractivity contribution is 0.247. The molecule has 0 fully saturated rings. The highest BCUT2D eigenvalue weighted by atomic mass is 16.3. The fourth-order valence-electron chi connectivity index (χ4n) is 4.14. The molecule has 0 aliphatic carbocycles. The number of furan rings is 1. The van der Waals surface area contributed by atoms with Gasteiger partial charge in [0.15, 0.2) is 5.82 Å². The molecule has 0 radical (unpaired) electrons. The van der Waals surface area contributed by atoms with E-state index in [4.69, 9.17) is 4.42 Å². The Labute approximate surface area is 196 Å². The Morgan fingerprint density at radius 3 is 2.74 bits per heavy atom. The smallest absolute Gasteiger partial charge is 0.252 e. The van der Waals surface area contributed by atoms with Gasteiger partial charge in [0, 0.05) is 18.7 Å². The van der Waals surface area contributed by atoms with Crippen LogP contribution in [0.25, 0.3) is 10.9 Å². The second-order valence-corrected chi connectivity index (χ2v) is 8.44. The van der Waals surface area contributed by atoms with E-state index in [1.54, 1.807) is 10.9 Å². The van der Waals surface area contributed by atoms with Crippen molar-refractivity contribution in [1.29, 1.82) is 0 Å². The molecule has 0 unspecified atom stereocenters. The standard InChI is InChI=1S/C26H26N6O2/c1-19-7-5-10-21-15-22(26(33)27-25(19)21)16-31(13-12-20-8-3-2-4-9-20)18-24-28-29-30-32(24)17-23-11-6-14-34-23/h2-11,14-15H,12-13,16-18H2,1H3,(H,27,33). The number of fused-ring (bicyclic) bond motifs is 1. The third kappa shape index (κ3) is 4.97. The zero-order chi connectivity index (χ0) is 23.3. The number of tetrazole rings is 1. The number of H-pyrrole nitrogens is 1. The molecule has 8 heteroatoms. The van der Waals surface area contributed by atoms with Crippen molar-refractivity contribution >= 4 is 10.9 Å². The molecule has 2 aromatic carbocycles. The normalized spacial score (nSPS) is 11.5. The number of nitrogens with one attached hydrogen (secondary N) is 1. The maximum Gasteiger partial charge on any atom is 0.252 e. The highest BCUT2D eigenvalue weighted by Crippen LogP contribution is 2.17. The minimum Gasteiger partial charge on any atom is -0.467 e. The Kier molecular flexibility index (Phi) is 6.31. The van der Waals surface area contributed by atoms with Crippen LogP contribution in [-0.4, -0.2) is 36.6 Å². The van der Waals surface area contributed by atoms with Crippen LogP contribution in [0.5, 0.6) is 0 Å². The largest absolute Gasteiger partial charge is 0.467 e. The molecule has 34 heavy (non-hydrogen) atoms. The van der Waals surface area contributed by atoms with Crippen molar-refractivity contribution in [2.24, 2.45) is 0 Å². The summed E-state index contributed by atoms with van der Waals surface area (Å²) in [5, 5.41) is 13.3. The molecule has 172 valence electrons. The molecular formula is C26H26N6O2. The molecule has 3 heterocycles. The van der Waals surface area contributed by atoms with E-state index in [-0.39, 0.29) is 5.56 Å². The van der Waals surface area contributed by atoms with Crippen LogP contribution < -0.4 is 5.56 Å². The molecule has 0 saturated carbocycles. The quantitative estimate of drug-likeness (QED) is 0.365. The third-order valence-corrected chi connectivity index (χ3v) is 5.98. The lowest BCUT2D eigenvalue weighted by Gasteiger charge is -2.22. The predicted molar refractivity (Wildman–Crippen MR) is 129 cm³/mol. The molecule has 0 spiro atoms. The van der Waals surface area contributed by atoms with Gasteiger partial charge in [0.1, 0.15) is 12.3 Å². The second-order valence-electron chi connectivity index (χ2n) is 8.44. The average Bonchev–Trinajstić information content (AvgIpc) is 3.52. The Morgan fingerprint density at radius 2 is 1.91 bits per heavy atom. The number of aromatic amines is 1. The van der Waals surface area contributed by atoms with Crippen LogP contribution in [0, 0.1) is 6.92 Å². The zero-order valence-electron chi connectivity index (χ0n) is 19.0. The van der Waals surface area contributed by atoms with Gasteiger partial charge < -0.3 is 9.40 Å². The van der Waals surface area contributed by atoms with Crippen LogP contribution >= 0.6 is 0 Å². The SMILES string of the molecule is Cc1cccc2cc(CN(CCc3ccccc3)Cc3nnnn3Cc3ccco3)c(=O)[nH]c12. The first-order valence-corrected chi connectivity index (χ1v) is 11.3. The van der Waals surface area contributed by atoms with Crippen molar-refractivity contribution in [3.8, 4) is 0 Å². The lowest BCUT2D eigenvalue weighted by atomic mass is 10.1. The van der Waals surface area contributed by atoms with Crippen molar-refractivity contribution in [2.45, 2.75) is 33.0 Å². The summed E-state index contributed by atoms with van der Waals surface area (Å²) in [7, 11) is 0. The van der Waals surface area contributed by atoms with Crippen molar-refractivity contribution in [1.82, 2.24) is 30.1 Å². The number of hydrogen-bond donors (Lipinski definition) is 1. The van der Waals surface area contributed by atoms with E-state index in [1.807, 2.05) is 61.5 Å². The van der Waals surface area contributed by atoms with Crippen LogP contribution in [0.1, 0.15) is 28.3 Å². The number of nitrogens with zero attached hydrogens (tertiary/aromatic N) is 5. The summed E-state index contributed by atoms with van der Waals surface area (Å²) in [5.74, 6) is 1.50. The van der Waals surface area contributed by atoms with Gasteiger partial charge in [-0.1, -0.05) is 48.5 Å². The van der Waals surface area contributed by atoms with Gasteiger partial charge in [0.25, 0.3) is 5.56 Å². The Bertz CT molecular complexity index is 1420. The molecule has 5 aromatic rings. The van der Waals surface area contributed by atoms with Crippen molar-refractivity contribution in [2.75, 3.05) is 6.54 Å². The Balaban J connectivity index is 1.41. The summed E-state index contributed by atoms with van der Waals surface area (Å²) in [6.07, 6.45) is 2.49. The Morgan fingerprint density at radius 1 is 1.03 bits per heavy atom. The van der Waals surface area contributed by atoms with Crippen molar-refractivity contribution < 1.29 is 4.42 Å². The first kappa shape index (κ1) is 21.8. The minimum absolute atomic E-state index is 0.0679. The molecule has 0 amide bonds. The summed E-state index contributed by atoms with van der Waals surface area (Å²) >= 11 is 0. The molecule has 0 bridgehead atoms. The number of aromatic nitrogens is 5. The molecule has 5 rings (SSSR count). The van der Waals surface area contributed by atoms with Gasteiger partial charge in [-0.25, -0.2) is 4.68 Å². The van der Waals surface area contributed by atoms with Crippen LogP contribution in [0.15, 0.2) is 82.2 Å². The molecule has 0 atom stereocenters. The predicted octanol–water partition coefficient (Wildman–Crippen LogP) is 3.71. The van der Waals surface area contributed by atoms with E-state index in [9.17, 15) is 4.79 Å². The monoisotopic (exact) mass is 454 g/mol. The summed E-state index contributed by atoms with van der Waals surface area (Å²) in [6, 6.07) is 22.1. The summed E-state index contributed by atoms with van der Waals surface area (Å²) < 4.78 is 7.20. The molecule has 8 nitrogen and oxygen atoms in total. The average molecular weight is 455 g/mol. The van der Waals surface area contributed by atoms with Crippen LogP contribution in [0.2, 0.25) is 0 Å². The summed E-state index contributed by atoms with van der Waals surface area (Å²) in [4.78, 5) is 18.2. The molecule has 0 aliphatic heterocycles. The number of hydrogen-bond acceptors (Lipinski definition) is 6. The molecule has 3 aromatic heterocycles. The molecular weight excluding hydrogens is 428 g/mol. The Hall–Kier alpha value is -4.04. The fraction of sp³-hybridized carbons (Fsp3) is 0.231. The van der Waals surface area contributed by atoms with Gasteiger partial charge in [-0.05, 0) is 58.5 Å². The van der Waals surface area contributed by atoms with Crippen molar-refractivity contribution in [3.05, 3.63) is 112 Å². The van der Waals surface area contributed by atoms with Gasteiger partial charge in [0.2, 0.25) is 0 Å². The molecule has 0 saturated heterocycles. The summed E-state index contributed by atoms with van der Waals surface area (Å²) in [5.41, 5.74) is 3.83. The number of pyridine rings is 1. The highest BCUT2D eigenvalue weighted by Gasteiger charge is 2.16. The number of rotatable bonds is 9. The van der Waals surface area contributed by atoms with Gasteiger partial charge in [-0.2, -0.15) is 0 Å². The maximum absolute atomic E-state index is 12.9. The van der Waals surface area contributed by atoms with E-state index in [0.29, 0.717) is 19.6 Å². The first-order valence-electron chi connectivity index (χ1n) is 11.3. The fourth-order valence-corrected chi connectivity index (χ4v) is 4.14. The van der Waals surface area contributed by atoms with E-state index < -0.39 is 0 Å². The van der Waals surface area contributed by atoms with E-state index in [2.05, 4.69) is 37.5 Å². The number of benzene rings is 2. The second kappa shape index (κ2) is 9.84. The number of para-hydroxylation sites is 1. The first-order chi connectivity index (χ1) is 16.7. The molecule has 1 N–H and O–H groups in total. The zero-order valence-corrected chi connectivity index (χ0v) is 19.0. The summed E-state index contributed by atoms with van der Waals surface area (Å²) in [6.45, 7) is 4.20. The van der Waals surface area contributed by atoms with Crippen LogP contribution in [-0.2, 0) is 26.1 Å². The van der Waals surface area contributed by atoms with Crippen LogP contribution in [0.4, 0.5) is 0 Å². The highest BCUT2D eigenvalue weighted by molar-refractivity contribution is 5.81. The van der Waals surface area contributed by atoms with Gasteiger partial charge >= 0.3 is 0 Å². The van der Waals surface area contributed by atoms with Gasteiger partial charge in [0.05, 0.1) is 18.3 Å².